The summed E-state index contributed by atoms with van der Waals surface area (Å²) >= 11 is 0. The number of hydrogen-bond acceptors (Lipinski definition) is 4. The van der Waals surface area contributed by atoms with Crippen LogP contribution in [0.15, 0.2) is 24.3 Å². The van der Waals surface area contributed by atoms with Crippen LogP contribution < -0.4 is 4.74 Å². The number of Topliss-reactive ketones (excluding diaryl/α,β-unsaturated/α-hetero) is 1. The van der Waals surface area contributed by atoms with E-state index < -0.39 is 0 Å². The summed E-state index contributed by atoms with van der Waals surface area (Å²) in [6.45, 7) is 4.59. The van der Waals surface area contributed by atoms with Crippen LogP contribution in [0.1, 0.15) is 17.3 Å². The molecule has 1 fully saturated rings. The first-order valence-electron chi connectivity index (χ1n) is 6.19. The lowest BCUT2D eigenvalue weighted by Crippen LogP contribution is -2.42. The molecule has 0 radical (unpaired) electrons. The molecule has 0 spiro atoms. The van der Waals surface area contributed by atoms with Crippen molar-refractivity contribution in [2.24, 2.45) is 0 Å². The molecule has 0 amide bonds. The van der Waals surface area contributed by atoms with E-state index >= 15 is 0 Å². The highest BCUT2D eigenvalue weighted by atomic mass is 16.5. The van der Waals surface area contributed by atoms with Crippen molar-refractivity contribution in [3.8, 4) is 5.75 Å². The molecule has 98 valence electrons. The third-order valence-corrected chi connectivity index (χ3v) is 3.03. The van der Waals surface area contributed by atoms with Crippen LogP contribution in [-0.4, -0.2) is 50.1 Å². The van der Waals surface area contributed by atoms with E-state index in [9.17, 15) is 4.79 Å². The van der Waals surface area contributed by atoms with Crippen LogP contribution in [0, 0.1) is 0 Å². The quantitative estimate of drug-likeness (QED) is 0.760. The fraction of sp³-hybridized carbons (Fsp3) is 0.500. The summed E-state index contributed by atoms with van der Waals surface area (Å²) in [5.41, 5.74) is 0.627. The fourth-order valence-electron chi connectivity index (χ4n) is 2.03. The number of carbonyl (C=O) groups excluding carboxylic acids is 1. The number of carbonyl (C=O) groups is 1. The van der Waals surface area contributed by atoms with Crippen LogP contribution in [0.4, 0.5) is 0 Å². The van der Waals surface area contributed by atoms with Crippen LogP contribution in [0.5, 0.6) is 5.75 Å². The Balaban J connectivity index is 1.95. The van der Waals surface area contributed by atoms with Gasteiger partial charge in [0.15, 0.2) is 5.78 Å². The zero-order valence-electron chi connectivity index (χ0n) is 10.9. The summed E-state index contributed by atoms with van der Waals surface area (Å²) in [7, 11) is 2.07. The Kier molecular flexibility index (Phi) is 4.33. The van der Waals surface area contributed by atoms with E-state index in [2.05, 4.69) is 11.9 Å². The molecule has 1 heterocycles. The van der Waals surface area contributed by atoms with Crippen LogP contribution in [0.2, 0.25) is 0 Å². The topological polar surface area (TPSA) is 38.8 Å². The van der Waals surface area contributed by atoms with Gasteiger partial charge in [0.2, 0.25) is 0 Å². The third-order valence-electron chi connectivity index (χ3n) is 3.03. The maximum absolute atomic E-state index is 11.4. The van der Waals surface area contributed by atoms with Gasteiger partial charge in [0, 0.05) is 13.1 Å². The van der Waals surface area contributed by atoms with Crippen molar-refractivity contribution in [2.45, 2.75) is 13.0 Å². The molecule has 1 aromatic rings. The summed E-state index contributed by atoms with van der Waals surface area (Å²) < 4.78 is 11.3. The second-order valence-corrected chi connectivity index (χ2v) is 4.62. The van der Waals surface area contributed by atoms with Crippen LogP contribution >= 0.6 is 0 Å². The number of para-hydroxylation sites is 1. The highest BCUT2D eigenvalue weighted by molar-refractivity contribution is 5.96. The molecule has 1 atom stereocenters. The lowest BCUT2D eigenvalue weighted by atomic mass is 10.1. The van der Waals surface area contributed by atoms with Gasteiger partial charge in [-0.2, -0.15) is 0 Å². The zero-order valence-corrected chi connectivity index (χ0v) is 10.9. The molecule has 0 N–H and O–H groups in total. The SMILES string of the molecule is CC(=O)c1ccccc1OCC1CN(C)CCO1. The van der Waals surface area contributed by atoms with E-state index in [1.165, 1.54) is 0 Å². The first-order valence-corrected chi connectivity index (χ1v) is 6.19. The molecule has 4 heteroatoms. The Labute approximate surface area is 107 Å². The smallest absolute Gasteiger partial charge is 0.163 e. The average Bonchev–Trinajstić information content (AvgIpc) is 2.37. The van der Waals surface area contributed by atoms with Crippen molar-refractivity contribution in [1.82, 2.24) is 4.90 Å². The van der Waals surface area contributed by atoms with Crippen molar-refractivity contribution in [1.29, 1.82) is 0 Å². The van der Waals surface area contributed by atoms with Gasteiger partial charge >= 0.3 is 0 Å². The first kappa shape index (κ1) is 13.1. The Morgan fingerprint density at radius 3 is 3.00 bits per heavy atom. The molecular formula is C14H19NO3. The first-order chi connectivity index (χ1) is 8.66. The number of rotatable bonds is 4. The van der Waals surface area contributed by atoms with Crippen molar-refractivity contribution in [2.75, 3.05) is 33.4 Å². The largest absolute Gasteiger partial charge is 0.490 e. The van der Waals surface area contributed by atoms with Gasteiger partial charge in [-0.25, -0.2) is 0 Å². The van der Waals surface area contributed by atoms with Gasteiger partial charge in [0.1, 0.15) is 18.5 Å². The number of benzene rings is 1. The highest BCUT2D eigenvalue weighted by Crippen LogP contribution is 2.19. The maximum atomic E-state index is 11.4. The lowest BCUT2D eigenvalue weighted by molar-refractivity contribution is -0.0404. The van der Waals surface area contributed by atoms with E-state index in [1.807, 2.05) is 18.2 Å². The van der Waals surface area contributed by atoms with Crippen molar-refractivity contribution >= 4 is 5.78 Å². The third kappa shape index (κ3) is 3.31. The number of morpholine rings is 1. The maximum Gasteiger partial charge on any atom is 0.163 e. The number of likely N-dealkylation sites (N-methyl/N-ethyl adjacent to an activating group) is 1. The summed E-state index contributed by atoms with van der Waals surface area (Å²) in [4.78, 5) is 13.7. The normalized spacial score (nSPS) is 20.7. The van der Waals surface area contributed by atoms with Gasteiger partial charge in [-0.15, -0.1) is 0 Å². The molecule has 4 nitrogen and oxygen atoms in total. The minimum atomic E-state index is 0.0206. The summed E-state index contributed by atoms with van der Waals surface area (Å²) in [5.74, 6) is 0.661. The molecule has 0 aromatic heterocycles. The Bertz CT molecular complexity index is 419. The molecule has 18 heavy (non-hydrogen) atoms. The van der Waals surface area contributed by atoms with Gasteiger partial charge in [0.05, 0.1) is 12.2 Å². The molecule has 0 bridgehead atoms. The van der Waals surface area contributed by atoms with E-state index in [0.717, 1.165) is 19.7 Å². The van der Waals surface area contributed by atoms with Crippen LogP contribution in [0.3, 0.4) is 0 Å². The fourth-order valence-corrected chi connectivity index (χ4v) is 2.03. The molecule has 1 saturated heterocycles. The van der Waals surface area contributed by atoms with E-state index in [1.54, 1.807) is 13.0 Å². The Morgan fingerprint density at radius 2 is 2.28 bits per heavy atom. The van der Waals surface area contributed by atoms with Crippen LogP contribution in [0.25, 0.3) is 0 Å². The minimum absolute atomic E-state index is 0.0206. The molecule has 1 aliphatic heterocycles. The van der Waals surface area contributed by atoms with Gasteiger partial charge in [-0.1, -0.05) is 12.1 Å². The molecule has 1 aromatic carbocycles. The number of nitrogens with zero attached hydrogens (tertiary/aromatic N) is 1. The number of hydrogen-bond donors (Lipinski definition) is 0. The Hall–Kier alpha value is -1.39. The molecule has 2 rings (SSSR count). The second-order valence-electron chi connectivity index (χ2n) is 4.62. The van der Waals surface area contributed by atoms with Gasteiger partial charge < -0.3 is 14.4 Å². The molecule has 1 aliphatic rings. The van der Waals surface area contributed by atoms with Crippen molar-refractivity contribution in [3.63, 3.8) is 0 Å². The Morgan fingerprint density at radius 1 is 1.50 bits per heavy atom. The average molecular weight is 249 g/mol. The van der Waals surface area contributed by atoms with E-state index in [-0.39, 0.29) is 11.9 Å². The number of ether oxygens (including phenoxy) is 2. The van der Waals surface area contributed by atoms with Gasteiger partial charge in [-0.05, 0) is 26.1 Å². The lowest BCUT2D eigenvalue weighted by Gasteiger charge is -2.30. The van der Waals surface area contributed by atoms with E-state index in [0.29, 0.717) is 17.9 Å². The highest BCUT2D eigenvalue weighted by Gasteiger charge is 2.19. The monoisotopic (exact) mass is 249 g/mol. The number of ketones is 1. The molecule has 1 unspecified atom stereocenters. The predicted molar refractivity (Wildman–Crippen MR) is 69.2 cm³/mol. The molecule has 0 saturated carbocycles. The predicted octanol–water partition coefficient (Wildman–Crippen LogP) is 1.60. The summed E-state index contributed by atoms with van der Waals surface area (Å²) in [6.07, 6.45) is 0.0729. The molecule has 0 aliphatic carbocycles. The van der Waals surface area contributed by atoms with E-state index in [4.69, 9.17) is 9.47 Å². The molecular weight excluding hydrogens is 230 g/mol. The summed E-state index contributed by atoms with van der Waals surface area (Å²) in [6, 6.07) is 7.32. The van der Waals surface area contributed by atoms with Gasteiger partial charge in [0.25, 0.3) is 0 Å². The van der Waals surface area contributed by atoms with Crippen molar-refractivity contribution < 1.29 is 14.3 Å². The standard InChI is InChI=1S/C14H19NO3/c1-11(16)13-5-3-4-6-14(13)18-10-12-9-15(2)7-8-17-12/h3-6,12H,7-10H2,1-2H3. The van der Waals surface area contributed by atoms with Gasteiger partial charge in [-0.3, -0.25) is 4.79 Å². The second kappa shape index (κ2) is 5.98. The zero-order chi connectivity index (χ0) is 13.0. The van der Waals surface area contributed by atoms with Crippen molar-refractivity contribution in [3.05, 3.63) is 29.8 Å². The van der Waals surface area contributed by atoms with Crippen LogP contribution in [-0.2, 0) is 4.74 Å². The summed E-state index contributed by atoms with van der Waals surface area (Å²) in [5, 5.41) is 0. The minimum Gasteiger partial charge on any atom is -0.490 e.